The van der Waals surface area contributed by atoms with Gasteiger partial charge in [0.15, 0.2) is 0 Å². The molecule has 1 N–H and O–H groups in total. The Morgan fingerprint density at radius 2 is 2.20 bits per heavy atom. The summed E-state index contributed by atoms with van der Waals surface area (Å²) in [6.45, 7) is 0. The van der Waals surface area contributed by atoms with Gasteiger partial charge in [-0.1, -0.05) is 12.1 Å². The van der Waals surface area contributed by atoms with Crippen molar-refractivity contribution >= 4 is 23.7 Å². The van der Waals surface area contributed by atoms with E-state index in [0.717, 1.165) is 22.8 Å². The van der Waals surface area contributed by atoms with Gasteiger partial charge in [0, 0.05) is 11.5 Å². The highest BCUT2D eigenvalue weighted by Gasteiger charge is 2.45. The molecular weight excluding hydrogens is 276 g/mol. The zero-order valence-corrected chi connectivity index (χ0v) is 12.0. The van der Waals surface area contributed by atoms with Gasteiger partial charge in [0.1, 0.15) is 11.9 Å². The average Bonchev–Trinajstić information content (AvgIpc) is 2.99. The largest absolute Gasteiger partial charge is 0.497 e. The summed E-state index contributed by atoms with van der Waals surface area (Å²) in [7, 11) is 1.61. The topological polar surface area (TPSA) is 62.6 Å². The first-order valence-electron chi connectivity index (χ1n) is 6.47. The highest BCUT2D eigenvalue weighted by atomic mass is 32.2. The molecule has 106 valence electrons. The Morgan fingerprint density at radius 3 is 2.90 bits per heavy atom. The standard InChI is InChI=1S/C14H16N2O3S/c1-18-10-4-2-9(3-5-10)6-13(17)16-11-7-20-8-12(11)19-14(16)15/h2-5,11-12,15H,6-8H2,1H3. The van der Waals surface area contributed by atoms with Crippen LogP contribution >= 0.6 is 11.8 Å². The lowest BCUT2D eigenvalue weighted by atomic mass is 10.1. The maximum Gasteiger partial charge on any atom is 0.292 e. The van der Waals surface area contributed by atoms with Crippen LogP contribution in [0, 0.1) is 5.41 Å². The lowest BCUT2D eigenvalue weighted by Gasteiger charge is -2.19. The van der Waals surface area contributed by atoms with Crippen LogP contribution in [0.3, 0.4) is 0 Å². The highest BCUT2D eigenvalue weighted by molar-refractivity contribution is 7.99. The predicted molar refractivity (Wildman–Crippen MR) is 77.3 cm³/mol. The van der Waals surface area contributed by atoms with Crippen molar-refractivity contribution in [3.05, 3.63) is 29.8 Å². The highest BCUT2D eigenvalue weighted by Crippen LogP contribution is 2.31. The van der Waals surface area contributed by atoms with E-state index in [0.29, 0.717) is 0 Å². The van der Waals surface area contributed by atoms with Crippen molar-refractivity contribution in [3.8, 4) is 5.75 Å². The van der Waals surface area contributed by atoms with E-state index < -0.39 is 0 Å². The van der Waals surface area contributed by atoms with Gasteiger partial charge >= 0.3 is 0 Å². The molecule has 0 radical (unpaired) electrons. The average molecular weight is 292 g/mol. The van der Waals surface area contributed by atoms with Crippen molar-refractivity contribution < 1.29 is 14.3 Å². The van der Waals surface area contributed by atoms with Gasteiger partial charge in [-0.2, -0.15) is 11.8 Å². The van der Waals surface area contributed by atoms with Gasteiger partial charge in [0.2, 0.25) is 5.91 Å². The number of nitrogens with one attached hydrogen (secondary N) is 1. The molecule has 20 heavy (non-hydrogen) atoms. The van der Waals surface area contributed by atoms with Crippen molar-refractivity contribution in [1.82, 2.24) is 4.90 Å². The van der Waals surface area contributed by atoms with Crippen LogP contribution in [-0.4, -0.2) is 47.6 Å². The van der Waals surface area contributed by atoms with Crippen molar-refractivity contribution in [2.24, 2.45) is 0 Å². The summed E-state index contributed by atoms with van der Waals surface area (Å²) in [5, 5.41) is 7.82. The Kier molecular flexibility index (Phi) is 3.56. The minimum absolute atomic E-state index is 0.00110. The minimum Gasteiger partial charge on any atom is -0.497 e. The van der Waals surface area contributed by atoms with Crippen molar-refractivity contribution in [2.75, 3.05) is 18.6 Å². The van der Waals surface area contributed by atoms with Crippen LogP contribution in [0.1, 0.15) is 5.56 Å². The summed E-state index contributed by atoms with van der Waals surface area (Å²) >= 11 is 1.77. The summed E-state index contributed by atoms with van der Waals surface area (Å²) in [5.41, 5.74) is 0.915. The number of methoxy groups -OCH3 is 1. The van der Waals surface area contributed by atoms with Crippen LogP contribution < -0.4 is 4.74 Å². The number of hydrogen-bond donors (Lipinski definition) is 1. The maximum absolute atomic E-state index is 12.4. The van der Waals surface area contributed by atoms with Crippen LogP contribution in [0.25, 0.3) is 0 Å². The van der Waals surface area contributed by atoms with E-state index in [1.807, 2.05) is 24.3 Å². The third kappa shape index (κ3) is 2.35. The second-order valence-corrected chi connectivity index (χ2v) is 5.93. The molecule has 2 heterocycles. The SMILES string of the molecule is COc1ccc(CC(=O)N2C(=N)OC3CSCC32)cc1. The molecule has 3 rings (SSSR count). The summed E-state index contributed by atoms with van der Waals surface area (Å²) in [5.74, 6) is 2.40. The second kappa shape index (κ2) is 5.36. The lowest BCUT2D eigenvalue weighted by Crippen LogP contribution is -2.42. The smallest absolute Gasteiger partial charge is 0.292 e. The molecule has 1 aromatic carbocycles. The zero-order valence-electron chi connectivity index (χ0n) is 11.2. The fourth-order valence-corrected chi connectivity index (χ4v) is 3.79. The normalized spacial score (nSPS) is 24.4. The van der Waals surface area contributed by atoms with Gasteiger partial charge in [0.25, 0.3) is 6.02 Å². The molecule has 6 heteroatoms. The molecule has 0 bridgehead atoms. The van der Waals surface area contributed by atoms with Gasteiger partial charge in [-0.25, -0.2) is 0 Å². The number of carbonyl (C=O) groups is 1. The van der Waals surface area contributed by atoms with Crippen LogP contribution in [0.15, 0.2) is 24.3 Å². The molecule has 0 spiro atoms. The molecule has 2 aliphatic rings. The van der Waals surface area contributed by atoms with Crippen molar-refractivity contribution in [1.29, 1.82) is 5.41 Å². The minimum atomic E-state index is -0.0739. The number of carbonyl (C=O) groups excluding carboxylic acids is 1. The van der Waals surface area contributed by atoms with Crippen LogP contribution in [0.4, 0.5) is 0 Å². The maximum atomic E-state index is 12.4. The van der Waals surface area contributed by atoms with Gasteiger partial charge in [-0.15, -0.1) is 0 Å². The van der Waals surface area contributed by atoms with E-state index in [1.165, 1.54) is 4.90 Å². The van der Waals surface area contributed by atoms with E-state index in [-0.39, 0.29) is 30.5 Å². The van der Waals surface area contributed by atoms with Crippen LogP contribution in [0.2, 0.25) is 0 Å². The Balaban J connectivity index is 1.70. The number of thioether (sulfide) groups is 1. The van der Waals surface area contributed by atoms with Crippen LogP contribution in [0.5, 0.6) is 5.75 Å². The first-order valence-corrected chi connectivity index (χ1v) is 7.62. The fourth-order valence-electron chi connectivity index (χ4n) is 2.53. The Labute approximate surface area is 121 Å². The molecule has 1 amide bonds. The molecule has 5 nitrogen and oxygen atoms in total. The number of amidine groups is 1. The molecule has 1 aromatic rings. The molecule has 0 saturated carbocycles. The molecule has 2 atom stereocenters. The van der Waals surface area contributed by atoms with Gasteiger partial charge < -0.3 is 9.47 Å². The molecular formula is C14H16N2O3S. The lowest BCUT2D eigenvalue weighted by molar-refractivity contribution is -0.127. The first-order chi connectivity index (χ1) is 9.69. The molecule has 2 aliphatic heterocycles. The number of rotatable bonds is 3. The summed E-state index contributed by atoms with van der Waals surface area (Å²) in [4.78, 5) is 13.9. The number of benzene rings is 1. The number of fused-ring (bicyclic) bond motifs is 1. The second-order valence-electron chi connectivity index (χ2n) is 4.85. The van der Waals surface area contributed by atoms with Gasteiger partial charge in [0.05, 0.1) is 19.6 Å². The van der Waals surface area contributed by atoms with E-state index in [9.17, 15) is 4.79 Å². The first kappa shape index (κ1) is 13.3. The quantitative estimate of drug-likeness (QED) is 0.917. The van der Waals surface area contributed by atoms with E-state index >= 15 is 0 Å². The van der Waals surface area contributed by atoms with Crippen LogP contribution in [-0.2, 0) is 16.0 Å². The molecule has 2 unspecified atom stereocenters. The number of hydrogen-bond acceptors (Lipinski definition) is 5. The third-order valence-electron chi connectivity index (χ3n) is 3.60. The number of amides is 1. The molecule has 2 saturated heterocycles. The van der Waals surface area contributed by atoms with Crippen molar-refractivity contribution in [3.63, 3.8) is 0 Å². The molecule has 0 aliphatic carbocycles. The molecule has 2 fully saturated rings. The summed E-state index contributed by atoms with van der Waals surface area (Å²) in [6.07, 6.45) is 0.274. The number of nitrogens with zero attached hydrogens (tertiary/aromatic N) is 1. The monoisotopic (exact) mass is 292 g/mol. The summed E-state index contributed by atoms with van der Waals surface area (Å²) < 4.78 is 10.5. The van der Waals surface area contributed by atoms with E-state index in [1.54, 1.807) is 18.9 Å². The predicted octanol–water partition coefficient (Wildman–Crippen LogP) is 1.52. The van der Waals surface area contributed by atoms with E-state index in [2.05, 4.69) is 0 Å². The van der Waals surface area contributed by atoms with Gasteiger partial charge in [-0.3, -0.25) is 15.1 Å². The fraction of sp³-hybridized carbons (Fsp3) is 0.429. The van der Waals surface area contributed by atoms with Gasteiger partial charge in [-0.05, 0) is 17.7 Å². The van der Waals surface area contributed by atoms with E-state index in [4.69, 9.17) is 14.9 Å². The Bertz CT molecular complexity index is 532. The van der Waals surface area contributed by atoms with Crippen molar-refractivity contribution in [2.45, 2.75) is 18.6 Å². The Morgan fingerprint density at radius 1 is 1.45 bits per heavy atom. The Hall–Kier alpha value is -1.69. The third-order valence-corrected chi connectivity index (χ3v) is 4.74. The summed E-state index contributed by atoms with van der Waals surface area (Å²) in [6, 6.07) is 7.44. The zero-order chi connectivity index (χ0) is 14.1. The number of ether oxygens (including phenoxy) is 2. The molecule has 0 aromatic heterocycles.